The summed E-state index contributed by atoms with van der Waals surface area (Å²) in [7, 11) is 0. The van der Waals surface area contributed by atoms with Crippen LogP contribution in [0, 0.1) is 0 Å². The van der Waals surface area contributed by atoms with Crippen molar-refractivity contribution < 1.29 is 8.78 Å². The molecule has 0 aliphatic rings. The molecule has 0 aliphatic heterocycles. The zero-order valence-corrected chi connectivity index (χ0v) is 11.1. The van der Waals surface area contributed by atoms with Crippen LogP contribution in [0.25, 0.3) is 0 Å². The van der Waals surface area contributed by atoms with Crippen LogP contribution in [0.3, 0.4) is 0 Å². The molecule has 1 aromatic rings. The molecule has 0 saturated heterocycles. The van der Waals surface area contributed by atoms with E-state index in [-0.39, 0.29) is 29.8 Å². The van der Waals surface area contributed by atoms with E-state index in [0.29, 0.717) is 0 Å². The molecule has 102 valence electrons. The fourth-order valence-electron chi connectivity index (χ4n) is 1.59. The van der Waals surface area contributed by atoms with Gasteiger partial charge in [0.15, 0.2) is 5.82 Å². The number of aromatic nitrogens is 2. The van der Waals surface area contributed by atoms with Gasteiger partial charge in [-0.1, -0.05) is 0 Å². The van der Waals surface area contributed by atoms with Crippen molar-refractivity contribution in [3.8, 4) is 0 Å². The quantitative estimate of drug-likeness (QED) is 0.749. The van der Waals surface area contributed by atoms with E-state index in [1.54, 1.807) is 0 Å². The number of hydrogen-bond donors (Lipinski definition) is 0. The molecule has 1 rings (SSSR count). The van der Waals surface area contributed by atoms with Crippen molar-refractivity contribution >= 4 is 17.4 Å². The Bertz CT molecular complexity index is 437. The fourth-order valence-corrected chi connectivity index (χ4v) is 1.79. The Morgan fingerprint density at radius 2 is 2.17 bits per heavy atom. The molecule has 7 heteroatoms. The van der Waals surface area contributed by atoms with E-state index < -0.39 is 13.0 Å². The van der Waals surface area contributed by atoms with Crippen LogP contribution in [-0.2, 0) is 0 Å². The number of nitrogens with zero attached hydrogens (tertiary/aromatic N) is 3. The molecule has 0 bridgehead atoms. The van der Waals surface area contributed by atoms with Gasteiger partial charge in [0.2, 0.25) is 0 Å². The molecule has 0 spiro atoms. The highest BCUT2D eigenvalue weighted by molar-refractivity contribution is 6.18. The van der Waals surface area contributed by atoms with Gasteiger partial charge in [-0.2, -0.15) is 0 Å². The normalized spacial score (nSPS) is 11.3. The first-order valence-electron chi connectivity index (χ1n) is 5.63. The third-order valence-electron chi connectivity index (χ3n) is 2.42. The number of anilines is 1. The van der Waals surface area contributed by atoms with Crippen molar-refractivity contribution in [2.45, 2.75) is 26.3 Å². The Hall–Kier alpha value is -1.17. The van der Waals surface area contributed by atoms with Crippen LogP contribution in [0.2, 0.25) is 0 Å². The molecule has 1 aromatic heterocycles. The van der Waals surface area contributed by atoms with E-state index in [1.165, 1.54) is 21.9 Å². The van der Waals surface area contributed by atoms with Crippen molar-refractivity contribution in [3.05, 3.63) is 22.7 Å². The van der Waals surface area contributed by atoms with Gasteiger partial charge in [-0.05, 0) is 13.8 Å². The molecule has 0 fully saturated rings. The first kappa shape index (κ1) is 14.9. The van der Waals surface area contributed by atoms with Crippen molar-refractivity contribution in [1.82, 2.24) is 9.55 Å². The summed E-state index contributed by atoms with van der Waals surface area (Å²) in [5, 5.41) is 0. The SMILES string of the molecule is CC(C)n1ccnc(N(CCCl)CC(F)F)c1=O. The number of rotatable bonds is 6. The maximum Gasteiger partial charge on any atom is 0.293 e. The average molecular weight is 280 g/mol. The van der Waals surface area contributed by atoms with Crippen LogP contribution < -0.4 is 10.5 Å². The summed E-state index contributed by atoms with van der Waals surface area (Å²) in [5.74, 6) is 0.178. The Labute approximate surface area is 109 Å². The molecular formula is C11H16ClF2N3O. The molecule has 0 aliphatic carbocycles. The largest absolute Gasteiger partial charge is 0.345 e. The lowest BCUT2D eigenvalue weighted by atomic mass is 10.3. The van der Waals surface area contributed by atoms with Gasteiger partial charge in [0.1, 0.15) is 0 Å². The molecule has 0 saturated carbocycles. The Kier molecular flexibility index (Phi) is 5.53. The van der Waals surface area contributed by atoms with Crippen molar-refractivity contribution in [2.75, 3.05) is 23.9 Å². The van der Waals surface area contributed by atoms with E-state index in [2.05, 4.69) is 4.98 Å². The molecule has 0 unspecified atom stereocenters. The predicted molar refractivity (Wildman–Crippen MR) is 67.8 cm³/mol. The fraction of sp³-hybridized carbons (Fsp3) is 0.636. The average Bonchev–Trinajstić information content (AvgIpc) is 2.27. The maximum absolute atomic E-state index is 12.5. The smallest absolute Gasteiger partial charge is 0.293 e. The van der Waals surface area contributed by atoms with E-state index in [9.17, 15) is 13.6 Å². The number of halogens is 3. The maximum atomic E-state index is 12.5. The zero-order valence-electron chi connectivity index (χ0n) is 10.3. The van der Waals surface area contributed by atoms with Crippen LogP contribution in [0.5, 0.6) is 0 Å². The molecule has 4 nitrogen and oxygen atoms in total. The summed E-state index contributed by atoms with van der Waals surface area (Å²) in [4.78, 5) is 17.2. The Morgan fingerprint density at radius 1 is 1.50 bits per heavy atom. The molecule has 0 aromatic carbocycles. The third kappa shape index (κ3) is 3.66. The minimum Gasteiger partial charge on any atom is -0.345 e. The van der Waals surface area contributed by atoms with Crippen LogP contribution in [0.4, 0.5) is 14.6 Å². The molecule has 0 amide bonds. The summed E-state index contributed by atoms with van der Waals surface area (Å²) in [5.41, 5.74) is -0.377. The van der Waals surface area contributed by atoms with E-state index in [1.807, 2.05) is 13.8 Å². The Morgan fingerprint density at radius 3 is 2.67 bits per heavy atom. The summed E-state index contributed by atoms with van der Waals surface area (Å²) < 4.78 is 26.4. The highest BCUT2D eigenvalue weighted by Crippen LogP contribution is 2.09. The monoisotopic (exact) mass is 279 g/mol. The summed E-state index contributed by atoms with van der Waals surface area (Å²) in [6.45, 7) is 3.29. The molecular weight excluding hydrogens is 264 g/mol. The van der Waals surface area contributed by atoms with Crippen LogP contribution in [0.1, 0.15) is 19.9 Å². The zero-order chi connectivity index (χ0) is 13.7. The highest BCUT2D eigenvalue weighted by Gasteiger charge is 2.18. The van der Waals surface area contributed by atoms with Gasteiger partial charge < -0.3 is 9.47 Å². The van der Waals surface area contributed by atoms with E-state index in [0.717, 1.165) is 0 Å². The van der Waals surface area contributed by atoms with Crippen LogP contribution in [0.15, 0.2) is 17.2 Å². The molecule has 0 radical (unpaired) electrons. The van der Waals surface area contributed by atoms with E-state index in [4.69, 9.17) is 11.6 Å². The predicted octanol–water partition coefficient (Wildman–Crippen LogP) is 2.13. The topological polar surface area (TPSA) is 38.1 Å². The van der Waals surface area contributed by atoms with Crippen LogP contribution in [-0.4, -0.2) is 34.9 Å². The molecule has 18 heavy (non-hydrogen) atoms. The van der Waals surface area contributed by atoms with Gasteiger partial charge in [0.25, 0.3) is 12.0 Å². The standard InChI is InChI=1S/C11H16ClF2N3O/c1-8(2)17-6-4-15-10(11(17)18)16(5-3-12)7-9(13)14/h4,6,8-9H,3,5,7H2,1-2H3. The van der Waals surface area contributed by atoms with Gasteiger partial charge in [-0.25, -0.2) is 13.8 Å². The molecule has 0 atom stereocenters. The second-order valence-electron chi connectivity index (χ2n) is 4.08. The van der Waals surface area contributed by atoms with Gasteiger partial charge in [-0.3, -0.25) is 4.79 Å². The minimum absolute atomic E-state index is 0.0205. The van der Waals surface area contributed by atoms with Crippen molar-refractivity contribution in [1.29, 1.82) is 0 Å². The van der Waals surface area contributed by atoms with Gasteiger partial charge >= 0.3 is 0 Å². The number of alkyl halides is 3. The van der Waals surface area contributed by atoms with Crippen molar-refractivity contribution in [2.24, 2.45) is 0 Å². The first-order chi connectivity index (χ1) is 8.47. The van der Waals surface area contributed by atoms with Gasteiger partial charge in [-0.15, -0.1) is 11.6 Å². The Balaban J connectivity index is 3.12. The minimum atomic E-state index is -2.54. The third-order valence-corrected chi connectivity index (χ3v) is 2.59. The summed E-state index contributed by atoms with van der Waals surface area (Å²) in [6, 6.07) is -0.0522. The lowest BCUT2D eigenvalue weighted by molar-refractivity contribution is 0.155. The lowest BCUT2D eigenvalue weighted by Gasteiger charge is -2.22. The molecule has 0 N–H and O–H groups in total. The van der Waals surface area contributed by atoms with Crippen LogP contribution >= 0.6 is 11.6 Å². The second-order valence-corrected chi connectivity index (χ2v) is 4.46. The van der Waals surface area contributed by atoms with E-state index >= 15 is 0 Å². The second kappa shape index (κ2) is 6.68. The lowest BCUT2D eigenvalue weighted by Crippen LogP contribution is -2.38. The van der Waals surface area contributed by atoms with Crippen molar-refractivity contribution in [3.63, 3.8) is 0 Å². The first-order valence-corrected chi connectivity index (χ1v) is 6.17. The highest BCUT2D eigenvalue weighted by atomic mass is 35.5. The number of hydrogen-bond acceptors (Lipinski definition) is 3. The van der Waals surface area contributed by atoms with Gasteiger partial charge in [0, 0.05) is 30.9 Å². The van der Waals surface area contributed by atoms with Gasteiger partial charge in [0.05, 0.1) is 6.54 Å². The summed E-state index contributed by atoms with van der Waals surface area (Å²) >= 11 is 5.56. The summed E-state index contributed by atoms with van der Waals surface area (Å²) in [6.07, 6.45) is 0.434. The molecule has 1 heterocycles.